The van der Waals surface area contributed by atoms with Crippen LogP contribution in [0.25, 0.3) is 0 Å². The Morgan fingerprint density at radius 2 is 2.00 bits per heavy atom. The number of hydrogen-bond donors (Lipinski definition) is 0. The summed E-state index contributed by atoms with van der Waals surface area (Å²) in [6.07, 6.45) is 6.32. The van der Waals surface area contributed by atoms with E-state index in [9.17, 15) is 4.79 Å². The van der Waals surface area contributed by atoms with Crippen LogP contribution in [0.1, 0.15) is 52.9 Å². The van der Waals surface area contributed by atoms with E-state index in [0.717, 1.165) is 6.42 Å². The van der Waals surface area contributed by atoms with Gasteiger partial charge in [-0.15, -0.1) is 0 Å². The van der Waals surface area contributed by atoms with Crippen LogP contribution in [0.3, 0.4) is 0 Å². The van der Waals surface area contributed by atoms with Crippen LogP contribution in [-0.2, 0) is 4.79 Å². The zero-order chi connectivity index (χ0) is 10.3. The molecule has 2 fully saturated rings. The summed E-state index contributed by atoms with van der Waals surface area (Å²) in [4.78, 5) is 12.3. The second-order valence-electron chi connectivity index (χ2n) is 5.73. The van der Waals surface area contributed by atoms with Crippen LogP contribution in [0.4, 0.5) is 0 Å². The molecule has 0 spiro atoms. The summed E-state index contributed by atoms with van der Waals surface area (Å²) in [5.74, 6) is 2.16. The minimum atomic E-state index is 0.0458. The first-order chi connectivity index (χ1) is 6.55. The number of rotatable bonds is 0. The third-order valence-electron chi connectivity index (χ3n) is 4.89. The predicted octanol–water partition coefficient (Wildman–Crippen LogP) is 3.43. The summed E-state index contributed by atoms with van der Waals surface area (Å²) >= 11 is 0. The largest absolute Gasteiger partial charge is 0.299 e. The third-order valence-corrected chi connectivity index (χ3v) is 4.89. The van der Waals surface area contributed by atoms with Crippen LogP contribution < -0.4 is 0 Å². The van der Waals surface area contributed by atoms with Crippen molar-refractivity contribution < 1.29 is 4.79 Å². The molecule has 0 saturated heterocycles. The number of hydrogen-bond acceptors (Lipinski definition) is 1. The molecular formula is C13H22O. The van der Waals surface area contributed by atoms with Crippen molar-refractivity contribution in [2.24, 2.45) is 23.2 Å². The van der Waals surface area contributed by atoms with Crippen molar-refractivity contribution in [3.05, 3.63) is 0 Å². The Morgan fingerprint density at radius 1 is 1.29 bits per heavy atom. The average Bonchev–Trinajstić information content (AvgIpc) is 2.17. The van der Waals surface area contributed by atoms with Gasteiger partial charge in [-0.2, -0.15) is 0 Å². The zero-order valence-electron chi connectivity index (χ0n) is 9.68. The molecule has 2 aliphatic rings. The Kier molecular flexibility index (Phi) is 2.45. The molecule has 0 aromatic rings. The van der Waals surface area contributed by atoms with E-state index in [1.807, 2.05) is 0 Å². The first-order valence-electron chi connectivity index (χ1n) is 6.10. The summed E-state index contributed by atoms with van der Waals surface area (Å²) in [7, 11) is 0. The molecule has 0 bridgehead atoms. The fraction of sp³-hybridized carbons (Fsp3) is 0.923. The normalized spacial score (nSPS) is 48.8. The Labute approximate surface area is 87.3 Å². The molecule has 0 N–H and O–H groups in total. The van der Waals surface area contributed by atoms with E-state index in [4.69, 9.17) is 0 Å². The first kappa shape index (κ1) is 10.2. The van der Waals surface area contributed by atoms with Gasteiger partial charge in [0.25, 0.3) is 0 Å². The molecule has 0 heterocycles. The molecule has 2 rings (SSSR count). The van der Waals surface area contributed by atoms with Crippen molar-refractivity contribution in [1.29, 1.82) is 0 Å². The van der Waals surface area contributed by atoms with Crippen molar-refractivity contribution in [1.82, 2.24) is 0 Å². The van der Waals surface area contributed by atoms with E-state index in [-0.39, 0.29) is 5.41 Å². The van der Waals surface area contributed by atoms with Gasteiger partial charge in [0.05, 0.1) is 0 Å². The van der Waals surface area contributed by atoms with E-state index >= 15 is 0 Å². The lowest BCUT2D eigenvalue weighted by Crippen LogP contribution is -2.48. The maximum Gasteiger partial charge on any atom is 0.142 e. The topological polar surface area (TPSA) is 17.1 Å². The number of Topliss-reactive ketones (excluding diaryl/α,β-unsaturated/α-hetero) is 1. The highest BCUT2D eigenvalue weighted by molar-refractivity contribution is 5.87. The van der Waals surface area contributed by atoms with Gasteiger partial charge in [-0.25, -0.2) is 0 Å². The summed E-state index contributed by atoms with van der Waals surface area (Å²) in [5, 5.41) is 0. The average molecular weight is 194 g/mol. The quantitative estimate of drug-likeness (QED) is 0.577. The molecule has 1 heteroatoms. The monoisotopic (exact) mass is 194 g/mol. The Hall–Kier alpha value is -0.330. The van der Waals surface area contributed by atoms with Gasteiger partial charge >= 0.3 is 0 Å². The van der Waals surface area contributed by atoms with Gasteiger partial charge in [0.1, 0.15) is 5.78 Å². The van der Waals surface area contributed by atoms with Crippen molar-refractivity contribution >= 4 is 5.78 Å². The SMILES string of the molecule is CC1C(=O)[C@]2(C)CCCC[C@@H]2C[C@H]1C. The van der Waals surface area contributed by atoms with Crippen LogP contribution in [-0.4, -0.2) is 5.78 Å². The third kappa shape index (κ3) is 1.32. The molecule has 1 nitrogen and oxygen atoms in total. The number of carbonyl (C=O) groups is 1. The van der Waals surface area contributed by atoms with E-state index in [1.165, 1.54) is 25.7 Å². The highest BCUT2D eigenvalue weighted by Crippen LogP contribution is 2.51. The minimum absolute atomic E-state index is 0.0458. The number of fused-ring (bicyclic) bond motifs is 1. The molecule has 14 heavy (non-hydrogen) atoms. The summed E-state index contributed by atoms with van der Waals surface area (Å²) in [6, 6.07) is 0. The summed E-state index contributed by atoms with van der Waals surface area (Å²) in [5.41, 5.74) is 0.0458. The molecule has 0 aliphatic heterocycles. The Bertz CT molecular complexity index is 246. The van der Waals surface area contributed by atoms with E-state index in [2.05, 4.69) is 20.8 Å². The van der Waals surface area contributed by atoms with Gasteiger partial charge in [-0.1, -0.05) is 33.6 Å². The summed E-state index contributed by atoms with van der Waals surface area (Å²) < 4.78 is 0. The lowest BCUT2D eigenvalue weighted by Gasteiger charge is -2.48. The lowest BCUT2D eigenvalue weighted by atomic mass is 9.55. The molecule has 2 aliphatic carbocycles. The molecule has 0 aromatic heterocycles. The fourth-order valence-corrected chi connectivity index (χ4v) is 3.54. The minimum Gasteiger partial charge on any atom is -0.299 e. The molecule has 0 aromatic carbocycles. The van der Waals surface area contributed by atoms with Crippen LogP contribution in [0, 0.1) is 23.2 Å². The maximum atomic E-state index is 12.3. The highest BCUT2D eigenvalue weighted by atomic mass is 16.1. The van der Waals surface area contributed by atoms with Crippen molar-refractivity contribution in [2.75, 3.05) is 0 Å². The number of carbonyl (C=O) groups excluding carboxylic acids is 1. The van der Waals surface area contributed by atoms with Crippen molar-refractivity contribution in [3.8, 4) is 0 Å². The van der Waals surface area contributed by atoms with Crippen molar-refractivity contribution in [3.63, 3.8) is 0 Å². The predicted molar refractivity (Wildman–Crippen MR) is 58.0 cm³/mol. The molecule has 2 saturated carbocycles. The van der Waals surface area contributed by atoms with Crippen molar-refractivity contribution in [2.45, 2.75) is 52.9 Å². The zero-order valence-corrected chi connectivity index (χ0v) is 9.68. The molecule has 0 radical (unpaired) electrons. The van der Waals surface area contributed by atoms with Crippen LogP contribution in [0.2, 0.25) is 0 Å². The molecular weight excluding hydrogens is 172 g/mol. The lowest BCUT2D eigenvalue weighted by molar-refractivity contribution is -0.144. The molecule has 1 unspecified atom stereocenters. The van der Waals surface area contributed by atoms with E-state index in [0.29, 0.717) is 23.5 Å². The molecule has 80 valence electrons. The second kappa shape index (κ2) is 3.36. The van der Waals surface area contributed by atoms with Gasteiger partial charge < -0.3 is 0 Å². The van der Waals surface area contributed by atoms with E-state index in [1.54, 1.807) is 0 Å². The van der Waals surface area contributed by atoms with Crippen LogP contribution >= 0.6 is 0 Å². The Morgan fingerprint density at radius 3 is 2.71 bits per heavy atom. The highest BCUT2D eigenvalue weighted by Gasteiger charge is 2.49. The van der Waals surface area contributed by atoms with Gasteiger partial charge in [-0.3, -0.25) is 4.79 Å². The second-order valence-corrected chi connectivity index (χ2v) is 5.73. The smallest absolute Gasteiger partial charge is 0.142 e. The summed E-state index contributed by atoms with van der Waals surface area (Å²) in [6.45, 7) is 6.60. The maximum absolute atomic E-state index is 12.3. The van der Waals surface area contributed by atoms with Gasteiger partial charge in [-0.05, 0) is 31.1 Å². The number of ketones is 1. The fourth-order valence-electron chi connectivity index (χ4n) is 3.54. The van der Waals surface area contributed by atoms with Gasteiger partial charge in [0.15, 0.2) is 0 Å². The first-order valence-corrected chi connectivity index (χ1v) is 6.10. The van der Waals surface area contributed by atoms with Crippen LogP contribution in [0.15, 0.2) is 0 Å². The van der Waals surface area contributed by atoms with Gasteiger partial charge in [0.2, 0.25) is 0 Å². The van der Waals surface area contributed by atoms with Crippen LogP contribution in [0.5, 0.6) is 0 Å². The standard InChI is InChI=1S/C13H22O/c1-9-8-11-6-4-5-7-13(11,3)12(14)10(9)2/h9-11H,4-8H2,1-3H3/t9-,10?,11-,13-/m1/s1. The van der Waals surface area contributed by atoms with Gasteiger partial charge in [0, 0.05) is 11.3 Å². The Balaban J connectivity index is 2.25. The molecule has 4 atom stereocenters. The van der Waals surface area contributed by atoms with E-state index < -0.39 is 0 Å². The molecule has 0 amide bonds.